The van der Waals surface area contributed by atoms with Crippen LogP contribution in [0.2, 0.25) is 0 Å². The molecule has 0 radical (unpaired) electrons. The van der Waals surface area contributed by atoms with Gasteiger partial charge >= 0.3 is 0 Å². The van der Waals surface area contributed by atoms with Crippen LogP contribution in [0.15, 0.2) is 29.5 Å². The average molecular weight is 446 g/mol. The van der Waals surface area contributed by atoms with Gasteiger partial charge in [0, 0.05) is 57.3 Å². The number of guanidine groups is 1. The first-order valence-corrected chi connectivity index (χ1v) is 11.9. The third-order valence-corrected chi connectivity index (χ3v) is 5.37. The Labute approximate surface area is 192 Å². The molecule has 9 nitrogen and oxygen atoms in total. The number of hydrogen-bond acceptors (Lipinski definition) is 7. The van der Waals surface area contributed by atoms with E-state index >= 15 is 0 Å². The third-order valence-electron chi connectivity index (χ3n) is 5.37. The summed E-state index contributed by atoms with van der Waals surface area (Å²) in [6.07, 6.45) is 12.3. The van der Waals surface area contributed by atoms with Gasteiger partial charge in [-0.25, -0.2) is 0 Å². The number of rotatable bonds is 15. The van der Waals surface area contributed by atoms with Gasteiger partial charge in [-0.1, -0.05) is 32.6 Å². The van der Waals surface area contributed by atoms with Crippen LogP contribution in [0.5, 0.6) is 0 Å². The SMILES string of the molecule is CCN(CCCCCCCCN/C(=N\C#N)Nc1ccncc1)OCCN1CCOCC1. The zero-order valence-electron chi connectivity index (χ0n) is 19.5. The molecule has 0 atom stereocenters. The number of nitriles is 1. The molecule has 1 aliphatic rings. The van der Waals surface area contributed by atoms with Crippen molar-refractivity contribution in [3.63, 3.8) is 0 Å². The van der Waals surface area contributed by atoms with Gasteiger partial charge in [-0.3, -0.25) is 14.7 Å². The molecule has 1 aromatic rings. The molecule has 1 fully saturated rings. The Bertz CT molecular complexity index is 660. The largest absolute Gasteiger partial charge is 0.379 e. The second kappa shape index (κ2) is 17.3. The summed E-state index contributed by atoms with van der Waals surface area (Å²) in [4.78, 5) is 16.1. The molecular weight excluding hydrogens is 406 g/mol. The number of aliphatic imine (C=N–C) groups is 1. The number of morpholine rings is 1. The molecule has 2 heterocycles. The van der Waals surface area contributed by atoms with Crippen LogP contribution in [0.3, 0.4) is 0 Å². The summed E-state index contributed by atoms with van der Waals surface area (Å²) in [7, 11) is 0. The number of hydrogen-bond donors (Lipinski definition) is 2. The van der Waals surface area contributed by atoms with E-state index in [1.807, 2.05) is 18.3 Å². The van der Waals surface area contributed by atoms with Gasteiger partial charge in [0.15, 0.2) is 0 Å². The molecule has 0 aliphatic carbocycles. The molecule has 2 rings (SSSR count). The Morgan fingerprint density at radius 1 is 1.19 bits per heavy atom. The lowest BCUT2D eigenvalue weighted by molar-refractivity contribution is -0.161. The van der Waals surface area contributed by atoms with Gasteiger partial charge in [0.25, 0.3) is 0 Å². The molecule has 178 valence electrons. The molecule has 0 amide bonds. The van der Waals surface area contributed by atoms with Crippen molar-refractivity contribution in [1.82, 2.24) is 20.3 Å². The molecule has 1 saturated heterocycles. The standard InChI is InChI=1S/C23H39N7O2/c1-2-30(32-20-17-29-15-18-31-19-16-29)14-8-6-4-3-5-7-11-26-23(27-21-24)28-22-9-12-25-13-10-22/h9-10,12-13H,2-8,11,14-20H2,1H3,(H2,25,26,27,28). The Morgan fingerprint density at radius 2 is 1.91 bits per heavy atom. The lowest BCUT2D eigenvalue weighted by Crippen LogP contribution is -2.39. The van der Waals surface area contributed by atoms with Gasteiger partial charge in [-0.15, -0.1) is 4.99 Å². The maximum atomic E-state index is 8.85. The number of ether oxygens (including phenoxy) is 1. The van der Waals surface area contributed by atoms with E-state index in [4.69, 9.17) is 14.8 Å². The summed E-state index contributed by atoms with van der Waals surface area (Å²) in [5, 5.41) is 17.2. The fraction of sp³-hybridized carbons (Fsp3) is 0.696. The van der Waals surface area contributed by atoms with Gasteiger partial charge < -0.3 is 15.4 Å². The molecule has 1 aliphatic heterocycles. The number of nitrogens with one attached hydrogen (secondary N) is 2. The van der Waals surface area contributed by atoms with Crippen LogP contribution >= 0.6 is 0 Å². The highest BCUT2D eigenvalue weighted by molar-refractivity contribution is 5.94. The molecule has 0 unspecified atom stereocenters. The number of pyridine rings is 1. The second-order valence-corrected chi connectivity index (χ2v) is 7.78. The van der Waals surface area contributed by atoms with Crippen LogP contribution in [0.1, 0.15) is 45.4 Å². The molecule has 0 spiro atoms. The summed E-state index contributed by atoms with van der Waals surface area (Å²) in [6, 6.07) is 3.67. The van der Waals surface area contributed by atoms with Crippen molar-refractivity contribution in [2.24, 2.45) is 4.99 Å². The zero-order valence-corrected chi connectivity index (χ0v) is 19.5. The highest BCUT2D eigenvalue weighted by Gasteiger charge is 2.10. The molecule has 0 aromatic carbocycles. The molecule has 2 N–H and O–H groups in total. The molecule has 9 heteroatoms. The van der Waals surface area contributed by atoms with E-state index in [-0.39, 0.29) is 0 Å². The predicted molar refractivity (Wildman–Crippen MR) is 127 cm³/mol. The van der Waals surface area contributed by atoms with E-state index < -0.39 is 0 Å². The van der Waals surface area contributed by atoms with Crippen molar-refractivity contribution < 1.29 is 9.57 Å². The van der Waals surface area contributed by atoms with Crippen molar-refractivity contribution in [3.8, 4) is 6.19 Å². The van der Waals surface area contributed by atoms with Crippen molar-refractivity contribution in [1.29, 1.82) is 5.26 Å². The first kappa shape index (κ1) is 26.0. The minimum atomic E-state index is 0.479. The van der Waals surface area contributed by atoms with E-state index in [9.17, 15) is 0 Å². The van der Waals surface area contributed by atoms with Crippen molar-refractivity contribution in [3.05, 3.63) is 24.5 Å². The van der Waals surface area contributed by atoms with Crippen molar-refractivity contribution in [2.75, 3.05) is 64.4 Å². The van der Waals surface area contributed by atoms with E-state index in [1.165, 1.54) is 25.7 Å². The number of anilines is 1. The predicted octanol–water partition coefficient (Wildman–Crippen LogP) is 2.85. The molecule has 0 bridgehead atoms. The Balaban J connectivity index is 1.44. The Kier molecular flexibility index (Phi) is 14.1. The van der Waals surface area contributed by atoms with Gasteiger partial charge in [0.2, 0.25) is 12.2 Å². The molecule has 0 saturated carbocycles. The van der Waals surface area contributed by atoms with Gasteiger partial charge in [0.1, 0.15) is 0 Å². The van der Waals surface area contributed by atoms with Crippen LogP contribution in [-0.2, 0) is 9.57 Å². The summed E-state index contributed by atoms with van der Waals surface area (Å²) in [5.41, 5.74) is 0.854. The number of nitrogens with zero attached hydrogens (tertiary/aromatic N) is 5. The maximum absolute atomic E-state index is 8.85. The van der Waals surface area contributed by atoms with Crippen LogP contribution in [0.25, 0.3) is 0 Å². The fourth-order valence-electron chi connectivity index (χ4n) is 3.50. The highest BCUT2D eigenvalue weighted by atomic mass is 16.7. The van der Waals surface area contributed by atoms with Gasteiger partial charge in [-0.05, 0) is 25.0 Å². The summed E-state index contributed by atoms with van der Waals surface area (Å²) in [5.74, 6) is 0.479. The summed E-state index contributed by atoms with van der Waals surface area (Å²) in [6.45, 7) is 10.3. The average Bonchev–Trinajstić information content (AvgIpc) is 2.83. The van der Waals surface area contributed by atoms with Crippen LogP contribution in [0.4, 0.5) is 5.69 Å². The van der Waals surface area contributed by atoms with Crippen LogP contribution < -0.4 is 10.6 Å². The quantitative estimate of drug-likeness (QED) is 0.140. The summed E-state index contributed by atoms with van der Waals surface area (Å²) < 4.78 is 5.38. The number of aromatic nitrogens is 1. The van der Waals surface area contributed by atoms with E-state index in [1.54, 1.807) is 12.4 Å². The van der Waals surface area contributed by atoms with Gasteiger partial charge in [0.05, 0.1) is 19.8 Å². The van der Waals surface area contributed by atoms with E-state index in [0.717, 1.165) is 77.6 Å². The van der Waals surface area contributed by atoms with Crippen LogP contribution in [0, 0.1) is 11.5 Å². The van der Waals surface area contributed by atoms with Crippen LogP contribution in [-0.4, -0.2) is 80.0 Å². The van der Waals surface area contributed by atoms with E-state index in [2.05, 4.69) is 37.5 Å². The molecule has 32 heavy (non-hydrogen) atoms. The zero-order chi connectivity index (χ0) is 22.7. The minimum absolute atomic E-state index is 0.479. The first-order valence-electron chi connectivity index (χ1n) is 11.9. The lowest BCUT2D eigenvalue weighted by atomic mass is 10.1. The van der Waals surface area contributed by atoms with Gasteiger partial charge in [-0.2, -0.15) is 10.3 Å². The topological polar surface area (TPSA) is 98.0 Å². The maximum Gasteiger partial charge on any atom is 0.211 e. The Hall–Kier alpha value is -2.25. The molecular formula is C23H39N7O2. The minimum Gasteiger partial charge on any atom is -0.379 e. The van der Waals surface area contributed by atoms with E-state index in [0.29, 0.717) is 5.96 Å². The highest BCUT2D eigenvalue weighted by Crippen LogP contribution is 2.07. The lowest BCUT2D eigenvalue weighted by Gasteiger charge is -2.27. The fourth-order valence-corrected chi connectivity index (χ4v) is 3.50. The van der Waals surface area contributed by atoms with Crippen molar-refractivity contribution in [2.45, 2.75) is 45.4 Å². The Morgan fingerprint density at radius 3 is 2.62 bits per heavy atom. The second-order valence-electron chi connectivity index (χ2n) is 7.78. The third kappa shape index (κ3) is 12.0. The first-order chi connectivity index (χ1) is 15.8. The van der Waals surface area contributed by atoms with Crippen molar-refractivity contribution >= 4 is 11.6 Å². The smallest absolute Gasteiger partial charge is 0.211 e. The molecule has 1 aromatic heterocycles. The normalized spacial score (nSPS) is 15.0. The number of unbranched alkanes of at least 4 members (excludes halogenated alkanes) is 5. The number of hydroxylamine groups is 2. The monoisotopic (exact) mass is 445 g/mol. The summed E-state index contributed by atoms with van der Waals surface area (Å²) >= 11 is 0.